The Balaban J connectivity index is 0.00000392. The average Bonchev–Trinajstić information content (AvgIpc) is 2.97. The number of furan rings is 1. The number of carbonyl (C=O) groups excluding carboxylic acids is 3. The molecule has 2 rings (SSSR count). The topological polar surface area (TPSA) is 118 Å². The van der Waals surface area contributed by atoms with Gasteiger partial charge in [-0.05, 0) is 38.7 Å². The predicted molar refractivity (Wildman–Crippen MR) is 108 cm³/mol. The van der Waals surface area contributed by atoms with Crippen LogP contribution in [0, 0.1) is 19.8 Å². The number of hydrogen-bond acceptors (Lipinski definition) is 5. The van der Waals surface area contributed by atoms with Crippen LogP contribution in [-0.2, 0) is 9.59 Å². The van der Waals surface area contributed by atoms with Gasteiger partial charge >= 0.3 is 0 Å². The highest BCUT2D eigenvalue weighted by molar-refractivity contribution is 5.95. The van der Waals surface area contributed by atoms with E-state index in [9.17, 15) is 14.4 Å². The van der Waals surface area contributed by atoms with Crippen molar-refractivity contribution in [2.45, 2.75) is 52.6 Å². The van der Waals surface area contributed by atoms with E-state index < -0.39 is 6.04 Å². The molecule has 0 spiro atoms. The van der Waals surface area contributed by atoms with Crippen molar-refractivity contribution in [3.05, 3.63) is 23.2 Å². The Morgan fingerprint density at radius 3 is 2.36 bits per heavy atom. The van der Waals surface area contributed by atoms with Crippen LogP contribution in [0.4, 0.5) is 0 Å². The first-order valence-electron chi connectivity index (χ1n) is 9.38. The first-order chi connectivity index (χ1) is 12.7. The summed E-state index contributed by atoms with van der Waals surface area (Å²) in [5.41, 5.74) is 6.32. The lowest BCUT2D eigenvalue weighted by Gasteiger charge is -2.32. The van der Waals surface area contributed by atoms with Gasteiger partial charge in [-0.3, -0.25) is 14.4 Å². The Hall–Kier alpha value is -2.06. The molecule has 0 aromatic carbocycles. The maximum Gasteiger partial charge on any atom is 0.255 e. The third-order valence-electron chi connectivity index (χ3n) is 4.90. The van der Waals surface area contributed by atoms with Crippen molar-refractivity contribution in [1.82, 2.24) is 15.5 Å². The van der Waals surface area contributed by atoms with Crippen LogP contribution in [0.3, 0.4) is 0 Å². The van der Waals surface area contributed by atoms with Crippen molar-refractivity contribution in [2.75, 3.05) is 19.6 Å². The van der Waals surface area contributed by atoms with E-state index >= 15 is 0 Å². The van der Waals surface area contributed by atoms with Crippen LogP contribution < -0.4 is 16.4 Å². The number of amides is 3. The van der Waals surface area contributed by atoms with Gasteiger partial charge in [-0.25, -0.2) is 0 Å². The van der Waals surface area contributed by atoms with Gasteiger partial charge in [0.15, 0.2) is 0 Å². The van der Waals surface area contributed by atoms with Gasteiger partial charge in [0.2, 0.25) is 11.8 Å². The lowest BCUT2D eigenvalue weighted by molar-refractivity contribution is -0.134. The minimum atomic E-state index is -0.617. The smallest absolute Gasteiger partial charge is 0.255 e. The van der Waals surface area contributed by atoms with Gasteiger partial charge in [-0.1, -0.05) is 13.8 Å². The minimum Gasteiger partial charge on any atom is -0.466 e. The molecule has 1 aromatic heterocycles. The molecule has 1 aliphatic rings. The molecule has 4 N–H and O–H groups in total. The van der Waals surface area contributed by atoms with Gasteiger partial charge < -0.3 is 25.7 Å². The van der Waals surface area contributed by atoms with Crippen molar-refractivity contribution in [3.63, 3.8) is 0 Å². The number of nitrogens with zero attached hydrogens (tertiary/aromatic N) is 1. The molecular weight excluding hydrogens is 384 g/mol. The fraction of sp³-hybridized carbons (Fsp3) is 0.632. The molecule has 1 fully saturated rings. The fourth-order valence-corrected chi connectivity index (χ4v) is 3.09. The van der Waals surface area contributed by atoms with E-state index in [1.165, 1.54) is 0 Å². The lowest BCUT2D eigenvalue weighted by Crippen LogP contribution is -2.51. The van der Waals surface area contributed by atoms with Crippen LogP contribution in [0.25, 0.3) is 0 Å². The van der Waals surface area contributed by atoms with Gasteiger partial charge in [0.05, 0.1) is 18.2 Å². The van der Waals surface area contributed by atoms with E-state index in [4.69, 9.17) is 10.2 Å². The van der Waals surface area contributed by atoms with Crippen molar-refractivity contribution < 1.29 is 18.8 Å². The van der Waals surface area contributed by atoms with Gasteiger partial charge in [0.1, 0.15) is 11.5 Å². The van der Waals surface area contributed by atoms with E-state index in [1.54, 1.807) is 24.8 Å². The van der Waals surface area contributed by atoms with Crippen LogP contribution in [0.15, 0.2) is 10.5 Å². The number of aryl methyl sites for hydroxylation is 2. The van der Waals surface area contributed by atoms with Crippen LogP contribution in [-0.4, -0.2) is 54.3 Å². The first-order valence-corrected chi connectivity index (χ1v) is 9.38. The van der Waals surface area contributed by atoms with Crippen molar-refractivity contribution >= 4 is 30.1 Å². The van der Waals surface area contributed by atoms with Crippen LogP contribution in [0.2, 0.25) is 0 Å². The molecule has 1 saturated heterocycles. The number of likely N-dealkylation sites (tertiary alicyclic amines) is 1. The third kappa shape index (κ3) is 6.24. The number of piperidine rings is 1. The second-order valence-corrected chi connectivity index (χ2v) is 7.44. The summed E-state index contributed by atoms with van der Waals surface area (Å²) in [5, 5.41) is 5.60. The van der Waals surface area contributed by atoms with E-state index in [1.807, 2.05) is 13.8 Å². The average molecular weight is 415 g/mol. The second kappa shape index (κ2) is 10.5. The summed E-state index contributed by atoms with van der Waals surface area (Å²) in [6.07, 6.45) is 1.35. The highest BCUT2D eigenvalue weighted by atomic mass is 35.5. The zero-order valence-electron chi connectivity index (χ0n) is 16.9. The molecule has 0 unspecified atom stereocenters. The molecule has 1 atom stereocenters. The molecule has 158 valence electrons. The van der Waals surface area contributed by atoms with Crippen molar-refractivity contribution in [1.29, 1.82) is 0 Å². The Labute approximate surface area is 172 Å². The zero-order chi connectivity index (χ0) is 20.1. The van der Waals surface area contributed by atoms with Crippen molar-refractivity contribution in [2.24, 2.45) is 11.7 Å². The standard InChI is InChI=1S/C19H30N4O4.ClH/c1-11(2)17(20)19(26)21-10-16(24)23-7-5-14(6-8-23)22-18(25)15-9-12(3)27-13(15)4;/h9,11,14,17H,5-8,10,20H2,1-4H3,(H,21,26)(H,22,25);1H/t17-;/m0./s1. The van der Waals surface area contributed by atoms with Gasteiger partial charge in [-0.2, -0.15) is 0 Å². The summed E-state index contributed by atoms with van der Waals surface area (Å²) in [6, 6.07) is 1.13. The summed E-state index contributed by atoms with van der Waals surface area (Å²) in [4.78, 5) is 38.2. The minimum absolute atomic E-state index is 0. The second-order valence-electron chi connectivity index (χ2n) is 7.44. The lowest BCUT2D eigenvalue weighted by atomic mass is 10.0. The molecule has 1 aliphatic heterocycles. The van der Waals surface area contributed by atoms with Gasteiger partial charge in [0, 0.05) is 19.1 Å². The number of nitrogens with two attached hydrogens (primary N) is 1. The molecule has 9 heteroatoms. The quantitative estimate of drug-likeness (QED) is 0.645. The van der Waals surface area contributed by atoms with E-state index in [2.05, 4.69) is 10.6 Å². The maximum atomic E-state index is 12.3. The van der Waals surface area contributed by atoms with Crippen LogP contribution in [0.1, 0.15) is 48.6 Å². The Bertz CT molecular complexity index is 696. The van der Waals surface area contributed by atoms with Crippen LogP contribution in [0.5, 0.6) is 0 Å². The molecule has 0 aliphatic carbocycles. The summed E-state index contributed by atoms with van der Waals surface area (Å²) >= 11 is 0. The third-order valence-corrected chi connectivity index (χ3v) is 4.90. The molecular formula is C19H31ClN4O4. The molecule has 8 nitrogen and oxygen atoms in total. The number of rotatable bonds is 6. The SMILES string of the molecule is Cc1cc(C(=O)NC2CCN(C(=O)CNC(=O)[C@@H](N)C(C)C)CC2)c(C)o1.Cl. The molecule has 0 bridgehead atoms. The molecule has 2 heterocycles. The normalized spacial score (nSPS) is 15.7. The highest BCUT2D eigenvalue weighted by Gasteiger charge is 2.26. The van der Waals surface area contributed by atoms with Gasteiger partial charge in [-0.15, -0.1) is 12.4 Å². The molecule has 0 saturated carbocycles. The number of hydrogen-bond donors (Lipinski definition) is 3. The van der Waals surface area contributed by atoms with Crippen LogP contribution >= 0.6 is 12.4 Å². The van der Waals surface area contributed by atoms with E-state index in [0.29, 0.717) is 43.0 Å². The largest absolute Gasteiger partial charge is 0.466 e. The summed E-state index contributed by atoms with van der Waals surface area (Å²) in [6.45, 7) is 8.32. The molecule has 0 radical (unpaired) electrons. The Morgan fingerprint density at radius 1 is 1.25 bits per heavy atom. The van der Waals surface area contributed by atoms with E-state index in [-0.39, 0.29) is 48.6 Å². The summed E-state index contributed by atoms with van der Waals surface area (Å²) in [5.74, 6) is 0.730. The number of nitrogens with one attached hydrogen (secondary N) is 2. The molecule has 1 aromatic rings. The number of carbonyl (C=O) groups is 3. The summed E-state index contributed by atoms with van der Waals surface area (Å²) in [7, 11) is 0. The predicted octanol–water partition coefficient (Wildman–Crippen LogP) is 1.14. The van der Waals surface area contributed by atoms with Gasteiger partial charge in [0.25, 0.3) is 5.91 Å². The molecule has 3 amide bonds. The maximum absolute atomic E-state index is 12.3. The fourth-order valence-electron chi connectivity index (χ4n) is 3.09. The van der Waals surface area contributed by atoms with E-state index in [0.717, 1.165) is 0 Å². The Kier molecular flexibility index (Phi) is 8.97. The summed E-state index contributed by atoms with van der Waals surface area (Å²) < 4.78 is 5.39. The Morgan fingerprint density at radius 2 is 1.86 bits per heavy atom. The first kappa shape index (κ1) is 24.0. The zero-order valence-corrected chi connectivity index (χ0v) is 17.7. The van der Waals surface area contributed by atoms with Crippen molar-refractivity contribution in [3.8, 4) is 0 Å². The monoisotopic (exact) mass is 414 g/mol. The number of halogens is 1. The molecule has 28 heavy (non-hydrogen) atoms. The highest BCUT2D eigenvalue weighted by Crippen LogP contribution is 2.16.